The number of carbonyl (C=O) groups is 1. The molecule has 0 spiro atoms. The van der Waals surface area contributed by atoms with Gasteiger partial charge in [0.1, 0.15) is 11.5 Å². The lowest BCUT2D eigenvalue weighted by Crippen LogP contribution is -2.29. The first-order valence-corrected chi connectivity index (χ1v) is 6.74. The van der Waals surface area contributed by atoms with Crippen LogP contribution in [0.1, 0.15) is 5.56 Å². The number of benzene rings is 2. The topological polar surface area (TPSA) is 55.8 Å². The van der Waals surface area contributed by atoms with Crippen molar-refractivity contribution in [3.8, 4) is 11.5 Å². The number of hydrogen-bond donors (Lipinski definition) is 1. The first kappa shape index (κ1) is 15.2. The molecule has 0 amide bonds. The Hall–Kier alpha value is -2.20. The molecule has 1 atom stereocenters. The van der Waals surface area contributed by atoms with Crippen LogP contribution >= 0.6 is 11.6 Å². The van der Waals surface area contributed by atoms with Gasteiger partial charge in [-0.15, -0.1) is 0 Å². The molecule has 2 rings (SSSR count). The van der Waals surface area contributed by atoms with Crippen LogP contribution in [0.15, 0.2) is 48.5 Å². The van der Waals surface area contributed by atoms with E-state index in [-0.39, 0.29) is 6.42 Å². The SMILES string of the molecule is COc1cccc(OC(Cc2ccc(Cl)cc2)C(=O)O)c1. The predicted molar refractivity (Wildman–Crippen MR) is 80.2 cm³/mol. The summed E-state index contributed by atoms with van der Waals surface area (Å²) >= 11 is 5.81. The van der Waals surface area contributed by atoms with Gasteiger partial charge in [-0.05, 0) is 29.8 Å². The monoisotopic (exact) mass is 306 g/mol. The van der Waals surface area contributed by atoms with Crippen molar-refractivity contribution in [2.75, 3.05) is 7.11 Å². The van der Waals surface area contributed by atoms with E-state index < -0.39 is 12.1 Å². The van der Waals surface area contributed by atoms with Gasteiger partial charge in [0.25, 0.3) is 0 Å². The molecule has 0 radical (unpaired) electrons. The zero-order valence-corrected chi connectivity index (χ0v) is 12.2. The minimum atomic E-state index is -1.02. The zero-order chi connectivity index (χ0) is 15.2. The molecule has 1 unspecified atom stereocenters. The number of methoxy groups -OCH3 is 1. The van der Waals surface area contributed by atoms with Gasteiger partial charge in [0.15, 0.2) is 6.10 Å². The third kappa shape index (κ3) is 4.39. The number of aliphatic carboxylic acids is 1. The van der Waals surface area contributed by atoms with Gasteiger partial charge >= 0.3 is 5.97 Å². The summed E-state index contributed by atoms with van der Waals surface area (Å²) in [6.45, 7) is 0. The molecule has 21 heavy (non-hydrogen) atoms. The van der Waals surface area contributed by atoms with E-state index in [1.54, 1.807) is 55.6 Å². The van der Waals surface area contributed by atoms with E-state index in [1.165, 1.54) is 0 Å². The molecule has 0 heterocycles. The van der Waals surface area contributed by atoms with Crippen molar-refractivity contribution in [1.29, 1.82) is 0 Å². The van der Waals surface area contributed by atoms with E-state index in [0.717, 1.165) is 5.56 Å². The highest BCUT2D eigenvalue weighted by molar-refractivity contribution is 6.30. The fourth-order valence-corrected chi connectivity index (χ4v) is 1.98. The Labute approximate surface area is 127 Å². The highest BCUT2D eigenvalue weighted by Gasteiger charge is 2.20. The maximum Gasteiger partial charge on any atom is 0.345 e. The van der Waals surface area contributed by atoms with Gasteiger partial charge < -0.3 is 14.6 Å². The third-order valence-corrected chi connectivity index (χ3v) is 3.18. The Morgan fingerprint density at radius 2 is 1.86 bits per heavy atom. The molecule has 0 aliphatic carbocycles. The Balaban J connectivity index is 2.11. The largest absolute Gasteiger partial charge is 0.497 e. The van der Waals surface area contributed by atoms with Gasteiger partial charge in [0.05, 0.1) is 7.11 Å². The van der Waals surface area contributed by atoms with Gasteiger partial charge in [-0.2, -0.15) is 0 Å². The maximum absolute atomic E-state index is 11.3. The van der Waals surface area contributed by atoms with E-state index >= 15 is 0 Å². The second-order valence-corrected chi connectivity index (χ2v) is 4.89. The Kier molecular flexibility index (Phi) is 5.06. The summed E-state index contributed by atoms with van der Waals surface area (Å²) in [5.74, 6) is 0.0478. The molecule has 0 bridgehead atoms. The average molecular weight is 307 g/mol. The molecule has 1 N–H and O–H groups in total. The van der Waals surface area contributed by atoms with E-state index in [0.29, 0.717) is 16.5 Å². The van der Waals surface area contributed by atoms with E-state index in [9.17, 15) is 9.90 Å². The van der Waals surface area contributed by atoms with Gasteiger partial charge in [-0.3, -0.25) is 0 Å². The quantitative estimate of drug-likeness (QED) is 0.888. The summed E-state index contributed by atoms with van der Waals surface area (Å²) in [7, 11) is 1.54. The second kappa shape index (κ2) is 6.99. The van der Waals surface area contributed by atoms with Crippen molar-refractivity contribution in [3.05, 3.63) is 59.1 Å². The molecular formula is C16H15ClO4. The molecular weight excluding hydrogens is 292 g/mol. The van der Waals surface area contributed by atoms with Gasteiger partial charge in [-0.1, -0.05) is 29.8 Å². The molecule has 2 aromatic carbocycles. The normalized spacial score (nSPS) is 11.7. The van der Waals surface area contributed by atoms with Crippen LogP contribution in [0.5, 0.6) is 11.5 Å². The summed E-state index contributed by atoms with van der Waals surface area (Å²) in [6, 6.07) is 13.9. The lowest BCUT2D eigenvalue weighted by atomic mass is 10.1. The van der Waals surface area contributed by atoms with Crippen molar-refractivity contribution in [2.24, 2.45) is 0 Å². The van der Waals surface area contributed by atoms with Crippen LogP contribution in [-0.2, 0) is 11.2 Å². The molecule has 5 heteroatoms. The highest BCUT2D eigenvalue weighted by Crippen LogP contribution is 2.21. The van der Waals surface area contributed by atoms with Crippen LogP contribution in [0, 0.1) is 0 Å². The number of carboxylic acid groups (broad SMARTS) is 1. The van der Waals surface area contributed by atoms with Crippen LogP contribution in [0.4, 0.5) is 0 Å². The molecule has 2 aromatic rings. The van der Waals surface area contributed by atoms with Crippen molar-refractivity contribution >= 4 is 17.6 Å². The highest BCUT2D eigenvalue weighted by atomic mass is 35.5. The average Bonchev–Trinajstić information content (AvgIpc) is 2.49. The van der Waals surface area contributed by atoms with Gasteiger partial charge in [0, 0.05) is 17.5 Å². The minimum Gasteiger partial charge on any atom is -0.497 e. The Morgan fingerprint density at radius 3 is 2.48 bits per heavy atom. The lowest BCUT2D eigenvalue weighted by molar-refractivity contribution is -0.145. The fourth-order valence-electron chi connectivity index (χ4n) is 1.85. The van der Waals surface area contributed by atoms with Crippen LogP contribution in [0.25, 0.3) is 0 Å². The number of halogens is 1. The zero-order valence-electron chi connectivity index (χ0n) is 11.5. The van der Waals surface area contributed by atoms with Crippen LogP contribution in [-0.4, -0.2) is 24.3 Å². The molecule has 0 aromatic heterocycles. The third-order valence-electron chi connectivity index (χ3n) is 2.93. The van der Waals surface area contributed by atoms with E-state index in [1.807, 2.05) is 0 Å². The maximum atomic E-state index is 11.3. The Morgan fingerprint density at radius 1 is 1.19 bits per heavy atom. The molecule has 110 valence electrons. The predicted octanol–water partition coefficient (Wildman–Crippen LogP) is 3.42. The van der Waals surface area contributed by atoms with Crippen LogP contribution in [0.3, 0.4) is 0 Å². The lowest BCUT2D eigenvalue weighted by Gasteiger charge is -2.15. The summed E-state index contributed by atoms with van der Waals surface area (Å²) in [6.07, 6.45) is -0.720. The van der Waals surface area contributed by atoms with Crippen LogP contribution < -0.4 is 9.47 Å². The van der Waals surface area contributed by atoms with Crippen molar-refractivity contribution in [3.63, 3.8) is 0 Å². The Bertz CT molecular complexity index is 610. The number of carboxylic acids is 1. The molecule has 0 aliphatic rings. The molecule has 0 aliphatic heterocycles. The summed E-state index contributed by atoms with van der Waals surface area (Å²) < 4.78 is 10.6. The molecule has 4 nitrogen and oxygen atoms in total. The standard InChI is InChI=1S/C16H15ClO4/c1-20-13-3-2-4-14(10-13)21-15(16(18)19)9-11-5-7-12(17)8-6-11/h2-8,10,15H,9H2,1H3,(H,18,19). The van der Waals surface area contributed by atoms with Gasteiger partial charge in [-0.25, -0.2) is 4.79 Å². The first-order valence-electron chi connectivity index (χ1n) is 6.36. The van der Waals surface area contributed by atoms with Crippen LogP contribution in [0.2, 0.25) is 5.02 Å². The summed E-state index contributed by atoms with van der Waals surface area (Å²) in [4.78, 5) is 11.3. The van der Waals surface area contributed by atoms with Gasteiger partial charge in [0.2, 0.25) is 0 Å². The van der Waals surface area contributed by atoms with Crippen molar-refractivity contribution in [2.45, 2.75) is 12.5 Å². The van der Waals surface area contributed by atoms with E-state index in [2.05, 4.69) is 0 Å². The summed E-state index contributed by atoms with van der Waals surface area (Å²) in [5, 5.41) is 9.91. The molecule has 0 saturated heterocycles. The number of ether oxygens (including phenoxy) is 2. The second-order valence-electron chi connectivity index (χ2n) is 4.45. The van der Waals surface area contributed by atoms with Crippen molar-refractivity contribution in [1.82, 2.24) is 0 Å². The minimum absolute atomic E-state index is 0.254. The smallest absolute Gasteiger partial charge is 0.345 e. The number of hydrogen-bond acceptors (Lipinski definition) is 3. The first-order chi connectivity index (χ1) is 10.1. The summed E-state index contributed by atoms with van der Waals surface area (Å²) in [5.41, 5.74) is 0.842. The van der Waals surface area contributed by atoms with E-state index in [4.69, 9.17) is 21.1 Å². The van der Waals surface area contributed by atoms with Crippen molar-refractivity contribution < 1.29 is 19.4 Å². The molecule has 0 fully saturated rings. The fraction of sp³-hybridized carbons (Fsp3) is 0.188. The molecule has 0 saturated carbocycles. The number of rotatable bonds is 6.